The minimum atomic E-state index is 0.103. The van der Waals surface area contributed by atoms with Gasteiger partial charge in [0.2, 0.25) is 0 Å². The minimum Gasteiger partial charge on any atom is -0.300 e. The molecule has 62 valence electrons. The number of hydrogen-bond acceptors (Lipinski definition) is 1. The Morgan fingerprint density at radius 1 is 1.64 bits per heavy atom. The molecule has 11 heavy (non-hydrogen) atoms. The number of carbonyl (C=O) groups excluding carboxylic acids is 1. The van der Waals surface area contributed by atoms with Crippen molar-refractivity contribution in [2.45, 2.75) is 34.1 Å². The summed E-state index contributed by atoms with van der Waals surface area (Å²) < 4.78 is 0. The van der Waals surface area contributed by atoms with Crippen molar-refractivity contribution >= 4 is 5.78 Å². The summed E-state index contributed by atoms with van der Waals surface area (Å²) in [6.45, 7) is 8.11. The molecule has 1 aliphatic rings. The first-order chi connectivity index (χ1) is 4.96. The molecule has 1 aliphatic carbocycles. The molecule has 0 fully saturated rings. The Hall–Kier alpha value is -0.590. The minimum absolute atomic E-state index is 0.103. The van der Waals surface area contributed by atoms with Gasteiger partial charge in [-0.3, -0.25) is 4.79 Å². The summed E-state index contributed by atoms with van der Waals surface area (Å²) in [7, 11) is 0. The second kappa shape index (κ2) is 2.47. The van der Waals surface area contributed by atoms with Crippen molar-refractivity contribution in [3.8, 4) is 0 Å². The molecule has 0 spiro atoms. The quantitative estimate of drug-likeness (QED) is 0.528. The van der Waals surface area contributed by atoms with Crippen LogP contribution in [0.5, 0.6) is 0 Å². The summed E-state index contributed by atoms with van der Waals surface area (Å²) in [5, 5.41) is 0. The van der Waals surface area contributed by atoms with Crippen molar-refractivity contribution in [1.82, 2.24) is 0 Å². The Labute approximate surface area is 68.5 Å². The van der Waals surface area contributed by atoms with E-state index in [0.717, 1.165) is 6.42 Å². The number of ketones is 1. The normalized spacial score (nSPS) is 28.4. The Morgan fingerprint density at radius 3 is 2.36 bits per heavy atom. The molecule has 0 saturated carbocycles. The van der Waals surface area contributed by atoms with Crippen LogP contribution in [-0.2, 0) is 4.79 Å². The molecule has 1 nitrogen and oxygen atoms in total. The van der Waals surface area contributed by atoms with E-state index in [1.807, 2.05) is 0 Å². The van der Waals surface area contributed by atoms with E-state index in [2.05, 4.69) is 26.8 Å². The van der Waals surface area contributed by atoms with Crippen LogP contribution in [0.2, 0.25) is 0 Å². The zero-order valence-corrected chi connectivity index (χ0v) is 7.77. The summed E-state index contributed by atoms with van der Waals surface area (Å²) >= 11 is 0. The lowest BCUT2D eigenvalue weighted by molar-refractivity contribution is -0.122. The molecular formula is C10H16O. The van der Waals surface area contributed by atoms with Gasteiger partial charge >= 0.3 is 0 Å². The van der Waals surface area contributed by atoms with Gasteiger partial charge in [-0.15, -0.1) is 0 Å². The number of rotatable bonds is 1. The van der Waals surface area contributed by atoms with Gasteiger partial charge in [-0.05, 0) is 25.7 Å². The van der Waals surface area contributed by atoms with Crippen LogP contribution in [0.4, 0.5) is 0 Å². The highest BCUT2D eigenvalue weighted by Gasteiger charge is 2.37. The van der Waals surface area contributed by atoms with Gasteiger partial charge < -0.3 is 0 Å². The Balaban J connectivity index is 2.86. The van der Waals surface area contributed by atoms with Crippen molar-refractivity contribution in [3.05, 3.63) is 11.6 Å². The highest BCUT2D eigenvalue weighted by molar-refractivity contribution is 5.80. The molecule has 0 aromatic heterocycles. The monoisotopic (exact) mass is 152 g/mol. The number of hydrogen-bond donors (Lipinski definition) is 0. The molecule has 0 radical (unpaired) electrons. The third kappa shape index (κ3) is 1.24. The van der Waals surface area contributed by atoms with Crippen LogP contribution >= 0.6 is 0 Å². The van der Waals surface area contributed by atoms with Crippen LogP contribution in [0.15, 0.2) is 11.6 Å². The zero-order chi connectivity index (χ0) is 8.65. The van der Waals surface area contributed by atoms with E-state index in [4.69, 9.17) is 0 Å². The molecule has 1 rings (SSSR count). The predicted octanol–water partition coefficient (Wildman–Crippen LogP) is 2.57. The van der Waals surface area contributed by atoms with Crippen LogP contribution in [0.1, 0.15) is 34.1 Å². The molecule has 0 saturated heterocycles. The van der Waals surface area contributed by atoms with Crippen LogP contribution in [0.3, 0.4) is 0 Å². The van der Waals surface area contributed by atoms with Crippen molar-refractivity contribution in [2.75, 3.05) is 0 Å². The molecule has 0 aliphatic heterocycles. The number of allylic oxidation sites excluding steroid dienone is 2. The van der Waals surface area contributed by atoms with Gasteiger partial charge in [0.05, 0.1) is 0 Å². The lowest BCUT2D eigenvalue weighted by atomic mass is 9.76. The largest absolute Gasteiger partial charge is 0.300 e. The fourth-order valence-electron chi connectivity index (χ4n) is 1.80. The lowest BCUT2D eigenvalue weighted by Gasteiger charge is -2.27. The fourth-order valence-corrected chi connectivity index (χ4v) is 1.80. The molecule has 0 bridgehead atoms. The lowest BCUT2D eigenvalue weighted by Crippen LogP contribution is -2.26. The van der Waals surface area contributed by atoms with Crippen LogP contribution in [0.25, 0.3) is 0 Å². The van der Waals surface area contributed by atoms with Crippen LogP contribution in [0, 0.1) is 11.3 Å². The number of Topliss-reactive ketones (excluding diaryl/α,β-unsaturated/α-hetero) is 1. The van der Waals surface area contributed by atoms with Crippen LogP contribution in [-0.4, -0.2) is 5.78 Å². The summed E-state index contributed by atoms with van der Waals surface area (Å²) in [6.07, 6.45) is 3.13. The molecular weight excluding hydrogens is 136 g/mol. The molecule has 1 heteroatoms. The highest BCUT2D eigenvalue weighted by atomic mass is 16.1. The second-order valence-electron chi connectivity index (χ2n) is 4.01. The maximum Gasteiger partial charge on any atom is 0.134 e. The van der Waals surface area contributed by atoms with Gasteiger partial charge in [0.1, 0.15) is 5.78 Å². The van der Waals surface area contributed by atoms with E-state index in [1.54, 1.807) is 6.92 Å². The molecule has 0 heterocycles. The summed E-state index contributed by atoms with van der Waals surface area (Å²) in [4.78, 5) is 11.2. The third-order valence-electron chi connectivity index (χ3n) is 3.04. The maximum absolute atomic E-state index is 11.2. The van der Waals surface area contributed by atoms with Crippen molar-refractivity contribution in [3.63, 3.8) is 0 Å². The Kier molecular flexibility index (Phi) is 1.91. The zero-order valence-electron chi connectivity index (χ0n) is 7.77. The van der Waals surface area contributed by atoms with Gasteiger partial charge in [0.15, 0.2) is 0 Å². The number of carbonyl (C=O) groups is 1. The summed E-state index contributed by atoms with van der Waals surface area (Å²) in [6, 6.07) is 0. The van der Waals surface area contributed by atoms with Crippen molar-refractivity contribution < 1.29 is 4.79 Å². The van der Waals surface area contributed by atoms with Crippen molar-refractivity contribution in [2.24, 2.45) is 11.3 Å². The molecule has 0 N–H and O–H groups in total. The first kappa shape index (κ1) is 8.51. The SMILES string of the molecule is CC(=O)C1CC=C(C)C1(C)C. The second-order valence-corrected chi connectivity index (χ2v) is 4.01. The van der Waals surface area contributed by atoms with E-state index in [-0.39, 0.29) is 11.3 Å². The van der Waals surface area contributed by atoms with Gasteiger partial charge in [0, 0.05) is 5.92 Å². The smallest absolute Gasteiger partial charge is 0.134 e. The van der Waals surface area contributed by atoms with Crippen LogP contribution < -0.4 is 0 Å². The van der Waals surface area contributed by atoms with Gasteiger partial charge in [-0.2, -0.15) is 0 Å². The van der Waals surface area contributed by atoms with Gasteiger partial charge in [0.25, 0.3) is 0 Å². The average molecular weight is 152 g/mol. The first-order valence-electron chi connectivity index (χ1n) is 4.14. The topological polar surface area (TPSA) is 17.1 Å². The summed E-state index contributed by atoms with van der Waals surface area (Å²) in [5.74, 6) is 0.547. The Morgan fingerprint density at radius 2 is 2.18 bits per heavy atom. The van der Waals surface area contributed by atoms with E-state index in [0.29, 0.717) is 5.78 Å². The average Bonchev–Trinajstić information content (AvgIpc) is 2.08. The summed E-state index contributed by atoms with van der Waals surface area (Å²) in [5.41, 5.74) is 1.46. The van der Waals surface area contributed by atoms with Crippen molar-refractivity contribution in [1.29, 1.82) is 0 Å². The predicted molar refractivity (Wildman–Crippen MR) is 46.3 cm³/mol. The van der Waals surface area contributed by atoms with Gasteiger partial charge in [-0.1, -0.05) is 25.5 Å². The fraction of sp³-hybridized carbons (Fsp3) is 0.700. The van der Waals surface area contributed by atoms with E-state index >= 15 is 0 Å². The maximum atomic E-state index is 11.2. The standard InChI is InChI=1S/C10H16O/c1-7-5-6-9(8(2)11)10(7,3)4/h5,9H,6H2,1-4H3. The van der Waals surface area contributed by atoms with Gasteiger partial charge in [-0.25, -0.2) is 0 Å². The molecule has 0 aromatic rings. The molecule has 1 unspecified atom stereocenters. The molecule has 1 atom stereocenters. The van der Waals surface area contributed by atoms with E-state index in [1.165, 1.54) is 5.57 Å². The molecule has 0 amide bonds. The highest BCUT2D eigenvalue weighted by Crippen LogP contribution is 2.43. The Bertz CT molecular complexity index is 211. The van der Waals surface area contributed by atoms with E-state index < -0.39 is 0 Å². The molecule has 0 aromatic carbocycles. The van der Waals surface area contributed by atoms with E-state index in [9.17, 15) is 4.79 Å². The first-order valence-corrected chi connectivity index (χ1v) is 4.14. The third-order valence-corrected chi connectivity index (χ3v) is 3.04.